The molecule has 1 aliphatic carbocycles. The van der Waals surface area contributed by atoms with Gasteiger partial charge in [-0.1, -0.05) is 13.3 Å². The second-order valence-electron chi connectivity index (χ2n) is 5.00. The van der Waals surface area contributed by atoms with Crippen molar-refractivity contribution in [3.05, 3.63) is 0 Å². The van der Waals surface area contributed by atoms with E-state index in [-0.39, 0.29) is 11.6 Å². The molecule has 2 aliphatic rings. The molecule has 0 radical (unpaired) electrons. The van der Waals surface area contributed by atoms with Crippen molar-refractivity contribution in [2.45, 2.75) is 38.1 Å². The van der Waals surface area contributed by atoms with Crippen LogP contribution < -0.4 is 5.32 Å². The van der Waals surface area contributed by atoms with E-state index in [1.165, 1.54) is 0 Å². The van der Waals surface area contributed by atoms with Crippen molar-refractivity contribution < 1.29 is 9.53 Å². The number of carbonyl (C=O) groups excluding carboxylic acids is 1. The normalized spacial score (nSPS) is 32.6. The molecule has 2 rings (SSSR count). The average molecular weight is 239 g/mol. The number of carbonyl (C=O) groups is 1. The maximum Gasteiger partial charge on any atom is 0.323 e. The Labute approximate surface area is 102 Å². The first kappa shape index (κ1) is 12.4. The third kappa shape index (κ3) is 1.92. The number of hydrogen-bond acceptors (Lipinski definition) is 3. The minimum atomic E-state index is -0.365. The van der Waals surface area contributed by atoms with Crippen LogP contribution in [0.2, 0.25) is 0 Å². The summed E-state index contributed by atoms with van der Waals surface area (Å²) in [6, 6.07) is -0.135. The quantitative estimate of drug-likeness (QED) is 0.782. The van der Waals surface area contributed by atoms with Crippen LogP contribution in [0.15, 0.2) is 0 Å². The maximum absolute atomic E-state index is 11.9. The summed E-state index contributed by atoms with van der Waals surface area (Å²) in [5.41, 5.74) is -0.365. The van der Waals surface area contributed by atoms with Crippen molar-refractivity contribution in [3.8, 4) is 0 Å². The highest BCUT2D eigenvalue weighted by molar-refractivity contribution is 6.08. The maximum atomic E-state index is 11.9. The van der Waals surface area contributed by atoms with Crippen LogP contribution in [0.25, 0.3) is 0 Å². The summed E-state index contributed by atoms with van der Waals surface area (Å²) in [5, 5.41) is 10.7. The summed E-state index contributed by atoms with van der Waals surface area (Å²) < 4.78 is 5.05. The van der Waals surface area contributed by atoms with Gasteiger partial charge in [0.25, 0.3) is 0 Å². The molecule has 2 atom stereocenters. The average Bonchev–Trinajstić information content (AvgIpc) is 2.83. The lowest BCUT2D eigenvalue weighted by Gasteiger charge is -2.33. The van der Waals surface area contributed by atoms with Crippen LogP contribution in [0, 0.1) is 11.3 Å². The predicted molar refractivity (Wildman–Crippen MR) is 65.2 cm³/mol. The van der Waals surface area contributed by atoms with Crippen molar-refractivity contribution in [1.82, 2.24) is 10.2 Å². The molecule has 1 spiro atoms. The van der Waals surface area contributed by atoms with Crippen LogP contribution in [0.4, 0.5) is 4.79 Å². The molecule has 1 aliphatic heterocycles. The van der Waals surface area contributed by atoms with Crippen molar-refractivity contribution in [2.75, 3.05) is 20.3 Å². The van der Waals surface area contributed by atoms with Crippen LogP contribution >= 0.6 is 0 Å². The molecule has 0 bridgehead atoms. The van der Waals surface area contributed by atoms with Gasteiger partial charge < -0.3 is 9.64 Å². The van der Waals surface area contributed by atoms with Crippen LogP contribution in [0.1, 0.15) is 32.6 Å². The van der Waals surface area contributed by atoms with Gasteiger partial charge in [-0.15, -0.1) is 0 Å². The molecule has 17 heavy (non-hydrogen) atoms. The molecule has 1 heterocycles. The van der Waals surface area contributed by atoms with Crippen LogP contribution in [0.3, 0.4) is 0 Å². The van der Waals surface area contributed by atoms with Gasteiger partial charge in [0.1, 0.15) is 11.4 Å². The summed E-state index contributed by atoms with van der Waals surface area (Å²) in [7, 11) is 1.63. The Morgan fingerprint density at radius 3 is 3.00 bits per heavy atom. The number of nitrogens with zero attached hydrogens (tertiary/aromatic N) is 1. The van der Waals surface area contributed by atoms with Gasteiger partial charge in [0, 0.05) is 13.7 Å². The molecule has 5 nitrogen and oxygen atoms in total. The molecule has 1 saturated heterocycles. The second-order valence-corrected chi connectivity index (χ2v) is 5.00. The van der Waals surface area contributed by atoms with Crippen LogP contribution in [-0.4, -0.2) is 42.6 Å². The van der Waals surface area contributed by atoms with Gasteiger partial charge in [-0.05, 0) is 25.2 Å². The third-order valence-corrected chi connectivity index (χ3v) is 4.15. The summed E-state index contributed by atoms with van der Waals surface area (Å²) in [5.74, 6) is 1.02. The van der Waals surface area contributed by atoms with Gasteiger partial charge >= 0.3 is 6.03 Å². The highest BCUT2D eigenvalue weighted by atomic mass is 16.5. The number of amidine groups is 1. The monoisotopic (exact) mass is 239 g/mol. The van der Waals surface area contributed by atoms with Crippen molar-refractivity contribution in [2.24, 2.45) is 5.92 Å². The Balaban J connectivity index is 2.17. The molecule has 2 unspecified atom stereocenters. The van der Waals surface area contributed by atoms with E-state index in [4.69, 9.17) is 10.1 Å². The molecular formula is C12H21N3O2. The molecular weight excluding hydrogens is 218 g/mol. The standard InChI is InChI=1S/C12H21N3O2/c1-3-9-4-5-12(8-9)10(13)14-11(16)15(12)6-7-17-2/h9H,3-8H2,1-2H3,(H2,13,14,16). The fourth-order valence-electron chi connectivity index (χ4n) is 3.06. The van der Waals surface area contributed by atoms with Crippen LogP contribution in [-0.2, 0) is 4.74 Å². The van der Waals surface area contributed by atoms with Crippen molar-refractivity contribution >= 4 is 11.9 Å². The molecule has 0 aromatic rings. The molecule has 0 aromatic carbocycles. The molecule has 1 saturated carbocycles. The number of urea groups is 1. The molecule has 2 amide bonds. The topological polar surface area (TPSA) is 65.4 Å². The number of hydrogen-bond donors (Lipinski definition) is 2. The Morgan fingerprint density at radius 2 is 2.41 bits per heavy atom. The van der Waals surface area contributed by atoms with Gasteiger partial charge in [-0.25, -0.2) is 4.79 Å². The van der Waals surface area contributed by atoms with E-state index in [1.54, 1.807) is 12.0 Å². The van der Waals surface area contributed by atoms with Gasteiger partial charge in [0.2, 0.25) is 0 Å². The SMILES string of the molecule is CCC1CCC2(C1)C(=N)NC(=O)N2CCOC. The van der Waals surface area contributed by atoms with E-state index < -0.39 is 0 Å². The zero-order chi connectivity index (χ0) is 12.5. The van der Waals surface area contributed by atoms with Crippen molar-refractivity contribution in [1.29, 1.82) is 5.41 Å². The predicted octanol–water partition coefficient (Wildman–Crippen LogP) is 1.58. The summed E-state index contributed by atoms with van der Waals surface area (Å²) >= 11 is 0. The summed E-state index contributed by atoms with van der Waals surface area (Å²) in [6.45, 7) is 3.28. The molecule has 5 heteroatoms. The second kappa shape index (κ2) is 4.64. The Hall–Kier alpha value is -1.10. The van der Waals surface area contributed by atoms with E-state index in [9.17, 15) is 4.79 Å². The minimum Gasteiger partial charge on any atom is -0.383 e. The highest BCUT2D eigenvalue weighted by Gasteiger charge is 2.53. The lowest BCUT2D eigenvalue weighted by molar-refractivity contribution is 0.124. The van der Waals surface area contributed by atoms with Crippen molar-refractivity contribution in [3.63, 3.8) is 0 Å². The lowest BCUT2D eigenvalue weighted by Crippen LogP contribution is -2.48. The summed E-state index contributed by atoms with van der Waals surface area (Å²) in [4.78, 5) is 13.7. The molecule has 0 aromatic heterocycles. The zero-order valence-electron chi connectivity index (χ0n) is 10.6. The number of ether oxygens (including phenoxy) is 1. The minimum absolute atomic E-state index is 0.135. The van der Waals surface area contributed by atoms with E-state index in [0.717, 1.165) is 25.7 Å². The Bertz CT molecular complexity index is 332. The first-order chi connectivity index (χ1) is 8.14. The number of rotatable bonds is 4. The van der Waals surface area contributed by atoms with Gasteiger partial charge in [-0.2, -0.15) is 0 Å². The van der Waals surface area contributed by atoms with E-state index >= 15 is 0 Å². The van der Waals surface area contributed by atoms with Gasteiger partial charge in [-0.3, -0.25) is 10.7 Å². The molecule has 2 fully saturated rings. The number of methoxy groups -OCH3 is 1. The molecule has 2 N–H and O–H groups in total. The Morgan fingerprint density at radius 1 is 1.65 bits per heavy atom. The first-order valence-corrected chi connectivity index (χ1v) is 6.30. The van der Waals surface area contributed by atoms with E-state index in [2.05, 4.69) is 12.2 Å². The van der Waals surface area contributed by atoms with Gasteiger partial charge in [0.05, 0.1) is 6.61 Å². The Kier molecular flexibility index (Phi) is 3.38. The largest absolute Gasteiger partial charge is 0.383 e. The smallest absolute Gasteiger partial charge is 0.323 e. The third-order valence-electron chi connectivity index (χ3n) is 4.15. The number of nitrogens with one attached hydrogen (secondary N) is 2. The highest BCUT2D eigenvalue weighted by Crippen LogP contribution is 2.43. The van der Waals surface area contributed by atoms with E-state index in [0.29, 0.717) is 24.9 Å². The lowest BCUT2D eigenvalue weighted by atomic mass is 9.93. The zero-order valence-corrected chi connectivity index (χ0v) is 10.6. The fraction of sp³-hybridized carbons (Fsp3) is 0.833. The first-order valence-electron chi connectivity index (χ1n) is 6.30. The van der Waals surface area contributed by atoms with Crippen LogP contribution in [0.5, 0.6) is 0 Å². The number of amides is 2. The molecule has 96 valence electrons. The van der Waals surface area contributed by atoms with E-state index in [1.807, 2.05) is 0 Å². The summed E-state index contributed by atoms with van der Waals surface area (Å²) in [6.07, 6.45) is 4.07. The fourth-order valence-corrected chi connectivity index (χ4v) is 3.06. The van der Waals surface area contributed by atoms with Gasteiger partial charge in [0.15, 0.2) is 0 Å².